The minimum absolute atomic E-state index is 0.0263. The van der Waals surface area contributed by atoms with E-state index in [0.29, 0.717) is 19.4 Å². The standard InChI is InChI=1S/C26H34BrNO4/c1-24(2)19-12-21(30)26-18(25(19,3)11-10-20(24)29)9-8-16(22(26)31)17(23(26)32)13-28-15-6-4-14(27)5-7-15/h4-7,16-19,21-22,28,30-31H,8-13H2,1-3H3/t16-,17?,18-,19+,21+,22+,25-,26+/m0/s1. The van der Waals surface area contributed by atoms with E-state index >= 15 is 0 Å². The molecule has 0 aliphatic heterocycles. The minimum Gasteiger partial charge on any atom is -0.392 e. The van der Waals surface area contributed by atoms with Crippen molar-refractivity contribution >= 4 is 33.2 Å². The first-order valence-corrected chi connectivity index (χ1v) is 12.8. The lowest BCUT2D eigenvalue weighted by atomic mass is 9.39. The zero-order chi connectivity index (χ0) is 23.1. The Morgan fingerprint density at radius 3 is 2.44 bits per heavy atom. The number of hydrogen-bond donors (Lipinski definition) is 3. The van der Waals surface area contributed by atoms with Gasteiger partial charge in [-0.05, 0) is 73.1 Å². The highest BCUT2D eigenvalue weighted by atomic mass is 79.9. The average Bonchev–Trinajstić information content (AvgIpc) is 2.86. The van der Waals surface area contributed by atoms with Gasteiger partial charge in [0.2, 0.25) is 0 Å². The molecular formula is C26H34BrNO4. The Kier molecular flexibility index (Phi) is 5.20. The Morgan fingerprint density at radius 2 is 1.75 bits per heavy atom. The number of nitrogens with one attached hydrogen (secondary N) is 1. The van der Waals surface area contributed by atoms with Gasteiger partial charge >= 0.3 is 0 Å². The van der Waals surface area contributed by atoms with E-state index in [1.54, 1.807) is 0 Å². The van der Waals surface area contributed by atoms with Crippen LogP contribution in [0, 0.1) is 39.9 Å². The van der Waals surface area contributed by atoms with Crippen LogP contribution in [-0.4, -0.2) is 40.5 Å². The van der Waals surface area contributed by atoms with Gasteiger partial charge in [0.15, 0.2) is 0 Å². The highest BCUT2D eigenvalue weighted by Gasteiger charge is 2.75. The van der Waals surface area contributed by atoms with Gasteiger partial charge in [-0.2, -0.15) is 0 Å². The van der Waals surface area contributed by atoms with Crippen LogP contribution in [0.4, 0.5) is 5.69 Å². The molecule has 4 saturated carbocycles. The van der Waals surface area contributed by atoms with E-state index in [-0.39, 0.29) is 40.7 Å². The highest BCUT2D eigenvalue weighted by Crippen LogP contribution is 2.70. The molecule has 1 aromatic carbocycles. The van der Waals surface area contributed by atoms with Crippen molar-refractivity contribution in [3.63, 3.8) is 0 Å². The lowest BCUT2D eigenvalue weighted by Gasteiger charge is -2.64. The molecule has 4 aliphatic carbocycles. The molecule has 5 nitrogen and oxygen atoms in total. The van der Waals surface area contributed by atoms with Gasteiger partial charge in [-0.1, -0.05) is 36.7 Å². The molecule has 8 atom stereocenters. The van der Waals surface area contributed by atoms with Crippen LogP contribution >= 0.6 is 15.9 Å². The number of Topliss-reactive ketones (excluding diaryl/α,β-unsaturated/α-hetero) is 2. The summed E-state index contributed by atoms with van der Waals surface area (Å²) in [5.41, 5.74) is -0.903. The molecule has 32 heavy (non-hydrogen) atoms. The number of fused-ring (bicyclic) bond motifs is 3. The Hall–Kier alpha value is -1.24. The molecule has 1 unspecified atom stereocenters. The van der Waals surface area contributed by atoms with Crippen LogP contribution in [0.5, 0.6) is 0 Å². The largest absolute Gasteiger partial charge is 0.392 e. The molecule has 2 bridgehead atoms. The summed E-state index contributed by atoms with van der Waals surface area (Å²) in [5, 5.41) is 26.4. The fourth-order valence-electron chi connectivity index (χ4n) is 8.38. The first kappa shape index (κ1) is 22.5. The summed E-state index contributed by atoms with van der Waals surface area (Å²) >= 11 is 3.44. The molecule has 1 aromatic rings. The van der Waals surface area contributed by atoms with Crippen molar-refractivity contribution in [2.75, 3.05) is 11.9 Å². The second-order valence-electron chi connectivity index (χ2n) is 11.5. The van der Waals surface area contributed by atoms with Crippen LogP contribution in [0.25, 0.3) is 0 Å². The second kappa shape index (κ2) is 7.38. The fourth-order valence-corrected chi connectivity index (χ4v) is 8.64. The van der Waals surface area contributed by atoms with E-state index in [1.165, 1.54) is 0 Å². The minimum atomic E-state index is -1.10. The van der Waals surface area contributed by atoms with Crippen LogP contribution < -0.4 is 5.32 Å². The van der Waals surface area contributed by atoms with E-state index in [0.717, 1.165) is 29.4 Å². The number of hydrogen-bond acceptors (Lipinski definition) is 5. The third-order valence-electron chi connectivity index (χ3n) is 9.99. The SMILES string of the molecule is CC1(C)C(=O)CC[C@]2(C)[C@@H]1C[C@@H](O)[C@]13C(=O)C(CNc4ccc(Br)cc4)[C@H](CC[C@@H]21)[C@H]3O. The van der Waals surface area contributed by atoms with Crippen LogP contribution in [0.3, 0.4) is 0 Å². The molecule has 5 rings (SSSR count). The van der Waals surface area contributed by atoms with Gasteiger partial charge in [0.1, 0.15) is 11.6 Å². The van der Waals surface area contributed by atoms with Crippen molar-refractivity contribution in [2.45, 2.75) is 65.1 Å². The summed E-state index contributed by atoms with van der Waals surface area (Å²) in [5.74, 6) is -0.219. The maximum absolute atomic E-state index is 14.0. The summed E-state index contributed by atoms with van der Waals surface area (Å²) in [6, 6.07) is 7.85. The summed E-state index contributed by atoms with van der Waals surface area (Å²) < 4.78 is 0.995. The lowest BCUT2D eigenvalue weighted by molar-refractivity contribution is -0.222. The number of rotatable bonds is 3. The summed E-state index contributed by atoms with van der Waals surface area (Å²) in [7, 11) is 0. The third kappa shape index (κ3) is 2.81. The fraction of sp³-hybridized carbons (Fsp3) is 0.692. The lowest BCUT2D eigenvalue weighted by Crippen LogP contribution is -2.68. The number of benzene rings is 1. The van der Waals surface area contributed by atoms with Crippen molar-refractivity contribution in [1.82, 2.24) is 0 Å². The van der Waals surface area contributed by atoms with Gasteiger partial charge in [0, 0.05) is 34.5 Å². The van der Waals surface area contributed by atoms with Crippen LogP contribution in [0.2, 0.25) is 0 Å². The number of ketones is 2. The normalized spacial score (nSPS) is 44.7. The smallest absolute Gasteiger partial charge is 0.149 e. The topological polar surface area (TPSA) is 86.6 Å². The number of halogens is 1. The second-order valence-corrected chi connectivity index (χ2v) is 12.4. The Morgan fingerprint density at radius 1 is 1.06 bits per heavy atom. The Balaban J connectivity index is 1.48. The van der Waals surface area contributed by atoms with E-state index in [9.17, 15) is 19.8 Å². The predicted molar refractivity (Wildman–Crippen MR) is 126 cm³/mol. The number of aliphatic hydroxyl groups excluding tert-OH is 2. The molecule has 0 radical (unpaired) electrons. The first-order valence-electron chi connectivity index (χ1n) is 12.0. The van der Waals surface area contributed by atoms with E-state index in [1.807, 2.05) is 38.1 Å². The average molecular weight is 504 g/mol. The van der Waals surface area contributed by atoms with Gasteiger partial charge in [-0.25, -0.2) is 0 Å². The number of carbonyl (C=O) groups is 2. The maximum atomic E-state index is 14.0. The molecule has 4 fully saturated rings. The molecule has 174 valence electrons. The molecule has 0 aromatic heterocycles. The van der Waals surface area contributed by atoms with E-state index in [4.69, 9.17) is 0 Å². The van der Waals surface area contributed by atoms with Crippen LogP contribution in [0.15, 0.2) is 28.7 Å². The quantitative estimate of drug-likeness (QED) is 0.574. The van der Waals surface area contributed by atoms with E-state index < -0.39 is 23.0 Å². The van der Waals surface area contributed by atoms with Gasteiger partial charge in [0.25, 0.3) is 0 Å². The molecule has 6 heteroatoms. The monoisotopic (exact) mass is 503 g/mol. The van der Waals surface area contributed by atoms with E-state index in [2.05, 4.69) is 28.2 Å². The number of aliphatic hydroxyl groups is 2. The zero-order valence-corrected chi connectivity index (χ0v) is 20.7. The first-order chi connectivity index (χ1) is 15.0. The van der Waals surface area contributed by atoms with Gasteiger partial charge in [-0.15, -0.1) is 0 Å². The van der Waals surface area contributed by atoms with Crippen molar-refractivity contribution in [3.05, 3.63) is 28.7 Å². The van der Waals surface area contributed by atoms with Crippen molar-refractivity contribution in [3.8, 4) is 0 Å². The maximum Gasteiger partial charge on any atom is 0.149 e. The van der Waals surface area contributed by atoms with Gasteiger partial charge < -0.3 is 15.5 Å². The molecule has 3 N–H and O–H groups in total. The van der Waals surface area contributed by atoms with Crippen LogP contribution in [-0.2, 0) is 9.59 Å². The molecule has 1 spiro atoms. The summed E-state index contributed by atoms with van der Waals surface area (Å²) in [6.07, 6.45) is 1.56. The van der Waals surface area contributed by atoms with Crippen molar-refractivity contribution in [2.24, 2.45) is 39.9 Å². The number of anilines is 1. The molecular weight excluding hydrogens is 470 g/mol. The molecule has 0 saturated heterocycles. The molecule has 4 aliphatic rings. The molecule has 0 heterocycles. The number of carbonyl (C=O) groups excluding carboxylic acids is 2. The molecule has 0 amide bonds. The Labute approximate surface area is 198 Å². The predicted octanol–water partition coefficient (Wildman–Crippen LogP) is 4.21. The van der Waals surface area contributed by atoms with Crippen molar-refractivity contribution < 1.29 is 19.8 Å². The summed E-state index contributed by atoms with van der Waals surface area (Å²) in [4.78, 5) is 26.8. The third-order valence-corrected chi connectivity index (χ3v) is 10.5. The van der Waals surface area contributed by atoms with Gasteiger partial charge in [-0.3, -0.25) is 9.59 Å². The van der Waals surface area contributed by atoms with Gasteiger partial charge in [0.05, 0.1) is 17.6 Å². The highest BCUT2D eigenvalue weighted by molar-refractivity contribution is 9.10. The Bertz CT molecular complexity index is 946. The van der Waals surface area contributed by atoms with Crippen molar-refractivity contribution in [1.29, 1.82) is 0 Å². The zero-order valence-electron chi connectivity index (χ0n) is 19.1. The van der Waals surface area contributed by atoms with Crippen LogP contribution in [0.1, 0.15) is 52.9 Å². The summed E-state index contributed by atoms with van der Waals surface area (Å²) in [6.45, 7) is 6.70.